The van der Waals surface area contributed by atoms with Gasteiger partial charge in [-0.15, -0.1) is 0 Å². The fourth-order valence-electron chi connectivity index (χ4n) is 4.58. The first-order valence-electron chi connectivity index (χ1n) is 12.5. The fraction of sp³-hybridized carbons (Fsp3) is 0.321. The third-order valence-corrected chi connectivity index (χ3v) is 8.60. The Kier molecular flexibility index (Phi) is 7.44. The van der Waals surface area contributed by atoms with Gasteiger partial charge in [-0.1, -0.05) is 23.8 Å². The number of piperazine rings is 1. The molecule has 0 aromatic heterocycles. The standard InChI is InChI=1S/C28H31N3O6S/c1-21-3-10-25(11-4-21)38(33,34)31(23-6-8-24(35-2)9-7-23)19-28(32)30-15-13-29(14-16-30)18-22-5-12-26-27(17-22)37-20-36-26/h3-12,17H,13-16,18-20H2,1-2H3. The average molecular weight is 538 g/mol. The zero-order valence-electron chi connectivity index (χ0n) is 21.5. The zero-order valence-corrected chi connectivity index (χ0v) is 22.3. The van der Waals surface area contributed by atoms with E-state index >= 15 is 0 Å². The summed E-state index contributed by atoms with van der Waals surface area (Å²) in [5.74, 6) is 1.88. The molecule has 5 rings (SSSR count). The van der Waals surface area contributed by atoms with Gasteiger partial charge in [0, 0.05) is 32.7 Å². The highest BCUT2D eigenvalue weighted by Crippen LogP contribution is 2.33. The monoisotopic (exact) mass is 537 g/mol. The minimum atomic E-state index is -3.97. The number of aryl methyl sites for hydroxylation is 1. The average Bonchev–Trinajstić information content (AvgIpc) is 3.40. The van der Waals surface area contributed by atoms with Gasteiger partial charge >= 0.3 is 0 Å². The maximum absolute atomic E-state index is 13.6. The number of sulfonamides is 1. The van der Waals surface area contributed by atoms with Crippen molar-refractivity contribution in [2.45, 2.75) is 18.4 Å². The van der Waals surface area contributed by atoms with E-state index < -0.39 is 10.0 Å². The van der Waals surface area contributed by atoms with E-state index in [1.165, 1.54) is 4.31 Å². The van der Waals surface area contributed by atoms with Crippen molar-refractivity contribution in [2.24, 2.45) is 0 Å². The van der Waals surface area contributed by atoms with Gasteiger partial charge in [-0.3, -0.25) is 14.0 Å². The lowest BCUT2D eigenvalue weighted by atomic mass is 10.1. The predicted octanol–water partition coefficient (Wildman–Crippen LogP) is 3.27. The molecule has 1 saturated heterocycles. The number of hydrogen-bond donors (Lipinski definition) is 0. The van der Waals surface area contributed by atoms with Crippen molar-refractivity contribution in [2.75, 3.05) is 50.9 Å². The molecule has 0 N–H and O–H groups in total. The van der Waals surface area contributed by atoms with E-state index in [0.29, 0.717) is 37.6 Å². The van der Waals surface area contributed by atoms with E-state index in [9.17, 15) is 13.2 Å². The Morgan fingerprint density at radius 2 is 1.61 bits per heavy atom. The maximum Gasteiger partial charge on any atom is 0.264 e. The molecule has 2 aliphatic rings. The number of amides is 1. The largest absolute Gasteiger partial charge is 0.497 e. The Balaban J connectivity index is 1.27. The first-order chi connectivity index (χ1) is 18.3. The summed E-state index contributed by atoms with van der Waals surface area (Å²) < 4.78 is 44.6. The maximum atomic E-state index is 13.6. The van der Waals surface area contributed by atoms with E-state index in [4.69, 9.17) is 14.2 Å². The molecule has 38 heavy (non-hydrogen) atoms. The van der Waals surface area contributed by atoms with Gasteiger partial charge in [0.25, 0.3) is 10.0 Å². The van der Waals surface area contributed by atoms with Gasteiger partial charge in [0.05, 0.1) is 17.7 Å². The lowest BCUT2D eigenvalue weighted by molar-refractivity contribution is -0.131. The van der Waals surface area contributed by atoms with Crippen molar-refractivity contribution in [3.8, 4) is 17.2 Å². The number of ether oxygens (including phenoxy) is 3. The van der Waals surface area contributed by atoms with Crippen molar-refractivity contribution in [1.82, 2.24) is 9.80 Å². The molecule has 0 unspecified atom stereocenters. The quantitative estimate of drug-likeness (QED) is 0.436. The molecule has 0 spiro atoms. The number of benzene rings is 3. The summed E-state index contributed by atoms with van der Waals surface area (Å²) in [6.45, 7) is 5.00. The van der Waals surface area contributed by atoms with Crippen LogP contribution in [0.1, 0.15) is 11.1 Å². The van der Waals surface area contributed by atoms with Crippen LogP contribution >= 0.6 is 0 Å². The highest BCUT2D eigenvalue weighted by atomic mass is 32.2. The van der Waals surface area contributed by atoms with Crippen LogP contribution in [0.4, 0.5) is 5.69 Å². The zero-order chi connectivity index (χ0) is 26.7. The molecule has 0 atom stereocenters. The summed E-state index contributed by atoms with van der Waals surface area (Å²) in [4.78, 5) is 17.5. The van der Waals surface area contributed by atoms with Gasteiger partial charge in [0.15, 0.2) is 11.5 Å². The second-order valence-corrected chi connectivity index (χ2v) is 11.2. The lowest BCUT2D eigenvalue weighted by Gasteiger charge is -2.36. The van der Waals surface area contributed by atoms with Gasteiger partial charge in [-0.2, -0.15) is 0 Å². The number of hydrogen-bond acceptors (Lipinski definition) is 7. The molecular formula is C28H31N3O6S. The number of nitrogens with zero attached hydrogens (tertiary/aromatic N) is 3. The van der Waals surface area contributed by atoms with E-state index in [2.05, 4.69) is 4.90 Å². The molecule has 0 saturated carbocycles. The Labute approximate surface area is 223 Å². The predicted molar refractivity (Wildman–Crippen MR) is 143 cm³/mol. The summed E-state index contributed by atoms with van der Waals surface area (Å²) in [6, 6.07) is 19.2. The van der Waals surface area contributed by atoms with Crippen LogP contribution in [0.15, 0.2) is 71.6 Å². The van der Waals surface area contributed by atoms with E-state index in [1.807, 2.05) is 25.1 Å². The Bertz CT molecular complexity index is 1390. The van der Waals surface area contributed by atoms with Gasteiger partial charge < -0.3 is 19.1 Å². The van der Waals surface area contributed by atoms with E-state index in [1.54, 1.807) is 60.5 Å². The van der Waals surface area contributed by atoms with Gasteiger partial charge in [0.2, 0.25) is 12.7 Å². The van der Waals surface area contributed by atoms with Crippen LogP contribution in [0, 0.1) is 6.92 Å². The van der Waals surface area contributed by atoms with Crippen LogP contribution in [0.5, 0.6) is 17.2 Å². The van der Waals surface area contributed by atoms with Gasteiger partial charge in [-0.25, -0.2) is 8.42 Å². The minimum absolute atomic E-state index is 0.139. The first kappa shape index (κ1) is 25.9. The van der Waals surface area contributed by atoms with Crippen LogP contribution in [-0.4, -0.2) is 70.8 Å². The van der Waals surface area contributed by atoms with Crippen molar-refractivity contribution >= 4 is 21.6 Å². The van der Waals surface area contributed by atoms with Crippen molar-refractivity contribution in [3.63, 3.8) is 0 Å². The van der Waals surface area contributed by atoms with E-state index in [0.717, 1.165) is 29.2 Å². The Morgan fingerprint density at radius 3 is 2.29 bits per heavy atom. The summed E-state index contributed by atoms with van der Waals surface area (Å²) >= 11 is 0. The SMILES string of the molecule is COc1ccc(N(CC(=O)N2CCN(Cc3ccc4c(c3)OCO4)CC2)S(=O)(=O)c2ccc(C)cc2)cc1. The van der Waals surface area contributed by atoms with Crippen molar-refractivity contribution in [1.29, 1.82) is 0 Å². The Hall–Kier alpha value is -3.76. The van der Waals surface area contributed by atoms with Crippen LogP contribution in [0.25, 0.3) is 0 Å². The second kappa shape index (κ2) is 10.9. The summed E-state index contributed by atoms with van der Waals surface area (Å²) in [5, 5.41) is 0. The molecule has 1 fully saturated rings. The molecule has 0 aliphatic carbocycles. The third kappa shape index (κ3) is 5.56. The molecule has 2 heterocycles. The normalized spacial score (nSPS) is 15.4. The van der Waals surface area contributed by atoms with Crippen LogP contribution in [-0.2, 0) is 21.4 Å². The lowest BCUT2D eigenvalue weighted by Crippen LogP contribution is -2.51. The highest BCUT2D eigenvalue weighted by molar-refractivity contribution is 7.92. The molecule has 200 valence electrons. The summed E-state index contributed by atoms with van der Waals surface area (Å²) in [7, 11) is -2.42. The molecule has 10 heteroatoms. The van der Waals surface area contributed by atoms with Crippen LogP contribution in [0.3, 0.4) is 0 Å². The molecule has 2 aliphatic heterocycles. The molecule has 1 amide bonds. The topological polar surface area (TPSA) is 88.6 Å². The molecule has 0 bridgehead atoms. The third-order valence-electron chi connectivity index (χ3n) is 6.82. The molecule has 3 aromatic carbocycles. The van der Waals surface area contributed by atoms with Crippen LogP contribution in [0.2, 0.25) is 0 Å². The molecule has 9 nitrogen and oxygen atoms in total. The number of carbonyl (C=O) groups excluding carboxylic acids is 1. The number of rotatable bonds is 8. The Morgan fingerprint density at radius 1 is 0.921 bits per heavy atom. The van der Waals surface area contributed by atoms with Crippen LogP contribution < -0.4 is 18.5 Å². The number of anilines is 1. The van der Waals surface area contributed by atoms with Crippen molar-refractivity contribution in [3.05, 3.63) is 77.9 Å². The fourth-order valence-corrected chi connectivity index (χ4v) is 5.99. The second-order valence-electron chi connectivity index (χ2n) is 9.37. The van der Waals surface area contributed by atoms with Crippen molar-refractivity contribution < 1.29 is 27.4 Å². The first-order valence-corrected chi connectivity index (χ1v) is 13.9. The molecule has 0 radical (unpaired) electrons. The smallest absolute Gasteiger partial charge is 0.264 e. The number of fused-ring (bicyclic) bond motifs is 1. The van der Waals surface area contributed by atoms with Gasteiger partial charge in [0.1, 0.15) is 12.3 Å². The summed E-state index contributed by atoms with van der Waals surface area (Å²) in [6.07, 6.45) is 0. The number of carbonyl (C=O) groups is 1. The summed E-state index contributed by atoms with van der Waals surface area (Å²) in [5.41, 5.74) is 2.47. The minimum Gasteiger partial charge on any atom is -0.497 e. The number of methoxy groups -OCH3 is 1. The van der Waals surface area contributed by atoms with Gasteiger partial charge in [-0.05, 0) is 61.0 Å². The van der Waals surface area contributed by atoms with E-state index in [-0.39, 0.29) is 24.1 Å². The highest BCUT2D eigenvalue weighted by Gasteiger charge is 2.30. The molecule has 3 aromatic rings. The molecular weight excluding hydrogens is 506 g/mol.